The van der Waals surface area contributed by atoms with E-state index in [1.54, 1.807) is 11.3 Å². The molecule has 0 saturated carbocycles. The summed E-state index contributed by atoms with van der Waals surface area (Å²) in [7, 11) is 0. The number of aryl methyl sites for hydroxylation is 2. The van der Waals surface area contributed by atoms with Crippen molar-refractivity contribution < 1.29 is 4.79 Å². The molecule has 28 heavy (non-hydrogen) atoms. The first-order valence-electron chi connectivity index (χ1n) is 9.36. The largest absolute Gasteiger partial charge is 0.312 e. The average molecular weight is 411 g/mol. The Morgan fingerprint density at radius 3 is 2.79 bits per heavy atom. The third kappa shape index (κ3) is 3.40. The number of carbonyl (C=O) groups is 1. The number of amides is 1. The van der Waals surface area contributed by atoms with Crippen molar-refractivity contribution in [2.75, 3.05) is 17.2 Å². The van der Waals surface area contributed by atoms with Gasteiger partial charge >= 0.3 is 0 Å². The monoisotopic (exact) mass is 410 g/mol. The van der Waals surface area contributed by atoms with E-state index in [1.165, 1.54) is 16.5 Å². The number of hydrogen-bond acceptors (Lipinski definition) is 5. The van der Waals surface area contributed by atoms with Crippen LogP contribution in [0.1, 0.15) is 25.2 Å². The van der Waals surface area contributed by atoms with Gasteiger partial charge in [0.1, 0.15) is 10.9 Å². The summed E-state index contributed by atoms with van der Waals surface area (Å²) in [4.78, 5) is 14.7. The number of thioether (sulfide) groups is 1. The fraction of sp³-hybridized carbons (Fsp3) is 0.286. The Morgan fingerprint density at radius 2 is 2.04 bits per heavy atom. The van der Waals surface area contributed by atoms with Crippen molar-refractivity contribution in [2.24, 2.45) is 0 Å². The number of benzene rings is 1. The van der Waals surface area contributed by atoms with Crippen LogP contribution in [-0.2, 0) is 11.2 Å². The molecule has 3 heterocycles. The average Bonchev–Trinajstić information content (AvgIpc) is 3.28. The highest BCUT2D eigenvalue weighted by molar-refractivity contribution is 8.00. The highest BCUT2D eigenvalue weighted by atomic mass is 32.2. The highest BCUT2D eigenvalue weighted by Crippen LogP contribution is 2.31. The summed E-state index contributed by atoms with van der Waals surface area (Å²) in [5, 5.41) is 11.7. The van der Waals surface area contributed by atoms with E-state index in [-0.39, 0.29) is 5.91 Å². The maximum atomic E-state index is 12.9. The van der Waals surface area contributed by atoms with Crippen LogP contribution in [0.2, 0.25) is 0 Å². The van der Waals surface area contributed by atoms with Crippen LogP contribution in [0.15, 0.2) is 46.8 Å². The third-order valence-corrected chi connectivity index (χ3v) is 6.54. The first kappa shape index (κ1) is 19.0. The second kappa shape index (κ2) is 7.93. The zero-order chi connectivity index (χ0) is 19.7. The molecule has 3 aromatic heterocycles. The molecule has 1 aromatic carbocycles. The molecule has 0 saturated heterocycles. The summed E-state index contributed by atoms with van der Waals surface area (Å²) in [5.41, 5.74) is 4.28. The van der Waals surface area contributed by atoms with Crippen molar-refractivity contribution in [3.63, 3.8) is 0 Å². The van der Waals surface area contributed by atoms with Gasteiger partial charge in [-0.15, -0.1) is 21.5 Å². The molecule has 0 atom stereocenters. The smallest absolute Gasteiger partial charge is 0.237 e. The van der Waals surface area contributed by atoms with Crippen molar-refractivity contribution in [2.45, 2.75) is 32.2 Å². The van der Waals surface area contributed by atoms with Crippen molar-refractivity contribution in [3.8, 4) is 0 Å². The van der Waals surface area contributed by atoms with Gasteiger partial charge in [-0.3, -0.25) is 9.20 Å². The van der Waals surface area contributed by atoms with Gasteiger partial charge < -0.3 is 4.90 Å². The minimum absolute atomic E-state index is 0.0750. The van der Waals surface area contributed by atoms with Crippen LogP contribution in [0, 0.1) is 6.92 Å². The topological polar surface area (TPSA) is 50.5 Å². The van der Waals surface area contributed by atoms with Crippen LogP contribution in [0.25, 0.3) is 15.7 Å². The first-order chi connectivity index (χ1) is 13.6. The first-order valence-corrected chi connectivity index (χ1v) is 11.2. The van der Waals surface area contributed by atoms with Gasteiger partial charge in [0.25, 0.3) is 0 Å². The van der Waals surface area contributed by atoms with Gasteiger partial charge in [0, 0.05) is 18.7 Å². The van der Waals surface area contributed by atoms with Gasteiger partial charge in [-0.05, 0) is 49.1 Å². The molecule has 0 spiro atoms. The molecule has 5 nitrogen and oxygen atoms in total. The van der Waals surface area contributed by atoms with Crippen LogP contribution < -0.4 is 4.90 Å². The fourth-order valence-electron chi connectivity index (χ4n) is 3.40. The van der Waals surface area contributed by atoms with Gasteiger partial charge in [0.2, 0.25) is 5.91 Å². The standard InChI is InChI=1S/C21H22N4OS2/c1-4-19-22-23-21(17-12-18-16(25(17)19)9-10-27-18)28-13-20(26)24(5-2)15-8-6-7-14(3)11-15/h6-12H,4-5,13H2,1-3H3. The Morgan fingerprint density at radius 1 is 1.18 bits per heavy atom. The summed E-state index contributed by atoms with van der Waals surface area (Å²) in [6.07, 6.45) is 0.809. The van der Waals surface area contributed by atoms with E-state index in [9.17, 15) is 4.79 Å². The van der Waals surface area contributed by atoms with Gasteiger partial charge in [-0.1, -0.05) is 30.8 Å². The molecule has 0 aliphatic carbocycles. The Kier molecular flexibility index (Phi) is 5.37. The van der Waals surface area contributed by atoms with E-state index in [2.05, 4.69) is 39.0 Å². The van der Waals surface area contributed by atoms with Crippen LogP contribution in [0.4, 0.5) is 5.69 Å². The third-order valence-electron chi connectivity index (χ3n) is 4.74. The number of nitrogens with zero attached hydrogens (tertiary/aromatic N) is 4. The summed E-state index contributed by atoms with van der Waals surface area (Å²) in [6.45, 7) is 6.76. The lowest BCUT2D eigenvalue weighted by Crippen LogP contribution is -2.32. The minimum atomic E-state index is 0.0750. The molecule has 0 aliphatic rings. The summed E-state index contributed by atoms with van der Waals surface area (Å²) >= 11 is 3.17. The van der Waals surface area contributed by atoms with Gasteiger partial charge in [0.15, 0.2) is 0 Å². The Bertz CT molecular complexity index is 1150. The number of hydrogen-bond donors (Lipinski definition) is 0. The Labute approximate surface area is 172 Å². The molecule has 0 aliphatic heterocycles. The van der Waals surface area contributed by atoms with Crippen molar-refractivity contribution in [1.82, 2.24) is 14.6 Å². The SMILES string of the molecule is CCc1nnc(SCC(=O)N(CC)c2cccc(C)c2)c2cc3sccc3n12. The van der Waals surface area contributed by atoms with Crippen molar-refractivity contribution in [1.29, 1.82) is 0 Å². The number of thiophene rings is 1. The lowest BCUT2D eigenvalue weighted by Gasteiger charge is -2.21. The number of carbonyl (C=O) groups excluding carboxylic acids is 1. The number of anilines is 1. The molecule has 0 fully saturated rings. The molecule has 4 rings (SSSR count). The maximum absolute atomic E-state index is 12.9. The predicted octanol–water partition coefficient (Wildman–Crippen LogP) is 4.96. The van der Waals surface area contributed by atoms with Crippen molar-refractivity contribution in [3.05, 3.63) is 53.2 Å². The van der Waals surface area contributed by atoms with E-state index in [0.29, 0.717) is 12.3 Å². The zero-order valence-electron chi connectivity index (χ0n) is 16.2. The van der Waals surface area contributed by atoms with E-state index >= 15 is 0 Å². The molecular formula is C21H22N4OS2. The maximum Gasteiger partial charge on any atom is 0.237 e. The molecule has 0 unspecified atom stereocenters. The zero-order valence-corrected chi connectivity index (χ0v) is 17.8. The molecule has 0 radical (unpaired) electrons. The van der Waals surface area contributed by atoms with E-state index in [0.717, 1.165) is 39.6 Å². The number of rotatable bonds is 6. The van der Waals surface area contributed by atoms with Crippen LogP contribution in [0.3, 0.4) is 0 Å². The quantitative estimate of drug-likeness (QED) is 0.422. The highest BCUT2D eigenvalue weighted by Gasteiger charge is 2.18. The van der Waals surface area contributed by atoms with E-state index < -0.39 is 0 Å². The number of fused-ring (bicyclic) bond motifs is 3. The number of aromatic nitrogens is 3. The normalized spacial score (nSPS) is 11.4. The van der Waals surface area contributed by atoms with Gasteiger partial charge in [-0.2, -0.15) is 0 Å². The molecule has 144 valence electrons. The Hall–Kier alpha value is -2.38. The lowest BCUT2D eigenvalue weighted by atomic mass is 10.2. The van der Waals surface area contributed by atoms with Gasteiger partial charge in [0.05, 0.1) is 21.5 Å². The van der Waals surface area contributed by atoms with E-state index in [1.807, 2.05) is 43.0 Å². The molecule has 7 heteroatoms. The summed E-state index contributed by atoms with van der Waals surface area (Å²) in [6, 6.07) is 12.3. The summed E-state index contributed by atoms with van der Waals surface area (Å²) in [5.74, 6) is 1.34. The molecule has 0 bridgehead atoms. The predicted molar refractivity (Wildman–Crippen MR) is 118 cm³/mol. The minimum Gasteiger partial charge on any atom is -0.312 e. The Balaban J connectivity index is 1.61. The molecule has 4 aromatic rings. The second-order valence-corrected chi connectivity index (χ2v) is 8.49. The molecular weight excluding hydrogens is 388 g/mol. The molecule has 0 N–H and O–H groups in total. The second-order valence-electron chi connectivity index (χ2n) is 6.58. The summed E-state index contributed by atoms with van der Waals surface area (Å²) < 4.78 is 3.39. The van der Waals surface area contributed by atoms with Crippen LogP contribution >= 0.6 is 23.1 Å². The van der Waals surface area contributed by atoms with Gasteiger partial charge in [-0.25, -0.2) is 0 Å². The molecule has 1 amide bonds. The van der Waals surface area contributed by atoms with Crippen LogP contribution in [-0.4, -0.2) is 32.8 Å². The van der Waals surface area contributed by atoms with Crippen molar-refractivity contribution >= 4 is 50.4 Å². The fourth-order valence-corrected chi connectivity index (χ4v) is 5.01. The lowest BCUT2D eigenvalue weighted by molar-refractivity contribution is -0.116. The van der Waals surface area contributed by atoms with E-state index in [4.69, 9.17) is 0 Å². The van der Waals surface area contributed by atoms with Crippen LogP contribution in [0.5, 0.6) is 0 Å².